The quantitative estimate of drug-likeness (QED) is 0.176. The zero-order valence-electron chi connectivity index (χ0n) is 19.5. The van der Waals surface area contributed by atoms with E-state index in [0.717, 1.165) is 0 Å². The molecule has 1 aliphatic rings. The minimum Gasteiger partial charge on any atom is -0.506 e. The lowest BCUT2D eigenvalue weighted by Crippen LogP contribution is -2.22. The van der Waals surface area contributed by atoms with Crippen molar-refractivity contribution in [1.82, 2.24) is 0 Å². The van der Waals surface area contributed by atoms with Gasteiger partial charge in [-0.1, -0.05) is 41.1 Å². The average Bonchev–Trinajstić information content (AvgIpc) is 3.33. The Balaban J connectivity index is 1.53. The summed E-state index contributed by atoms with van der Waals surface area (Å²) >= 11 is 6.72. The number of phenols is 1. The van der Waals surface area contributed by atoms with Gasteiger partial charge >= 0.3 is 6.09 Å². The van der Waals surface area contributed by atoms with Crippen LogP contribution in [0.15, 0.2) is 75.7 Å². The van der Waals surface area contributed by atoms with Gasteiger partial charge in [-0.25, -0.2) is 4.79 Å². The number of anilines is 3. The Morgan fingerprint density at radius 2 is 1.84 bits per heavy atom. The third-order valence-electron chi connectivity index (χ3n) is 5.46. The Bertz CT molecular complexity index is 1360. The summed E-state index contributed by atoms with van der Waals surface area (Å²) in [5.74, 6) is 0.0616. The average molecular weight is 633 g/mol. The molecule has 1 aliphatic heterocycles. The summed E-state index contributed by atoms with van der Waals surface area (Å²) in [6.07, 6.45) is 1.20. The summed E-state index contributed by atoms with van der Waals surface area (Å²) in [4.78, 5) is 25.4. The molecule has 0 aromatic heterocycles. The molecule has 0 saturated heterocycles. The van der Waals surface area contributed by atoms with Crippen LogP contribution < -0.4 is 25.8 Å². The number of nitrogens with one attached hydrogen (secondary N) is 2. The molecule has 4 rings (SSSR count). The number of phenolic OH excluding ortho intramolecular Hbond substituents is 1. The maximum atomic E-state index is 12.9. The van der Waals surface area contributed by atoms with E-state index in [1.54, 1.807) is 67.6 Å². The third-order valence-corrected chi connectivity index (χ3v) is 6.53. The van der Waals surface area contributed by atoms with Crippen LogP contribution in [0.4, 0.5) is 21.9 Å². The van der Waals surface area contributed by atoms with E-state index in [4.69, 9.17) is 19.9 Å². The number of carbonyl (C=O) groups is 2. The number of amides is 2. The van der Waals surface area contributed by atoms with Gasteiger partial charge in [0.25, 0.3) is 0 Å². The van der Waals surface area contributed by atoms with E-state index in [-0.39, 0.29) is 12.5 Å². The van der Waals surface area contributed by atoms with Gasteiger partial charge in [0, 0.05) is 27.7 Å². The van der Waals surface area contributed by atoms with Crippen LogP contribution in [0.3, 0.4) is 0 Å². The molecule has 1 heterocycles. The van der Waals surface area contributed by atoms with Crippen molar-refractivity contribution in [2.75, 3.05) is 23.2 Å². The molecule has 0 aliphatic carbocycles. The molecule has 0 spiro atoms. The highest BCUT2D eigenvalue weighted by molar-refractivity contribution is 9.11. The first-order valence-electron chi connectivity index (χ1n) is 11.1. The van der Waals surface area contributed by atoms with Crippen LogP contribution in [0.1, 0.15) is 18.6 Å². The second kappa shape index (κ2) is 11.6. The first-order chi connectivity index (χ1) is 17.7. The molecule has 11 heteroatoms. The fourth-order valence-electron chi connectivity index (χ4n) is 3.62. The number of aromatic hydroxyl groups is 1. The van der Waals surface area contributed by atoms with Crippen LogP contribution in [-0.2, 0) is 9.53 Å². The first-order valence-corrected chi connectivity index (χ1v) is 12.7. The topological polar surface area (TPSA) is 132 Å². The zero-order chi connectivity index (χ0) is 26.5. The van der Waals surface area contributed by atoms with Crippen LogP contribution in [0.5, 0.6) is 17.2 Å². The zero-order valence-corrected chi connectivity index (χ0v) is 22.7. The largest absolute Gasteiger partial charge is 0.506 e. The van der Waals surface area contributed by atoms with E-state index < -0.39 is 24.0 Å². The standard InChI is InChI=1S/C26H23Br2N3O6/c1-14(6-9-23(32)31-20-5-3-2-4-19(20)29)25(17-10-15(27)11-18(28)24(17)33)37-26(34)30-16-7-8-21-22(12-16)36-13-35-21/h2-12,14,25,33H,13,29H2,1H3,(H,30,34)(H,31,32)/b9-6+/t14-,25-/m0/s1. The Morgan fingerprint density at radius 3 is 2.62 bits per heavy atom. The highest BCUT2D eigenvalue weighted by atomic mass is 79.9. The van der Waals surface area contributed by atoms with E-state index in [2.05, 4.69) is 42.5 Å². The van der Waals surface area contributed by atoms with Gasteiger partial charge in [0.2, 0.25) is 12.7 Å². The molecule has 0 radical (unpaired) electrons. The number of hydrogen-bond donors (Lipinski definition) is 4. The van der Waals surface area contributed by atoms with Crippen molar-refractivity contribution in [3.63, 3.8) is 0 Å². The van der Waals surface area contributed by atoms with Crippen molar-refractivity contribution in [3.05, 3.63) is 81.3 Å². The molecule has 2 amide bonds. The van der Waals surface area contributed by atoms with Crippen LogP contribution in [0.25, 0.3) is 0 Å². The molecule has 0 fully saturated rings. The number of carbonyl (C=O) groups excluding carboxylic acids is 2. The second-order valence-electron chi connectivity index (χ2n) is 8.14. The van der Waals surface area contributed by atoms with E-state index in [1.165, 1.54) is 6.08 Å². The summed E-state index contributed by atoms with van der Waals surface area (Å²) in [6, 6.07) is 15.2. The fraction of sp³-hybridized carbons (Fsp3) is 0.154. The third kappa shape index (κ3) is 6.55. The number of fused-ring (bicyclic) bond motifs is 1. The van der Waals surface area contributed by atoms with Crippen molar-refractivity contribution in [1.29, 1.82) is 0 Å². The van der Waals surface area contributed by atoms with Gasteiger partial charge in [0.05, 0.1) is 15.8 Å². The van der Waals surface area contributed by atoms with Crippen LogP contribution >= 0.6 is 31.9 Å². The van der Waals surface area contributed by atoms with Crippen molar-refractivity contribution in [2.45, 2.75) is 13.0 Å². The molecule has 3 aromatic carbocycles. The number of nitrogen functional groups attached to an aromatic ring is 1. The minimum absolute atomic E-state index is 0.0918. The van der Waals surface area contributed by atoms with Gasteiger partial charge in [0.1, 0.15) is 11.9 Å². The molecule has 0 unspecified atom stereocenters. The van der Waals surface area contributed by atoms with E-state index in [1.807, 2.05) is 0 Å². The molecule has 37 heavy (non-hydrogen) atoms. The molecule has 2 atom stereocenters. The first kappa shape index (κ1) is 26.4. The molecular formula is C26H23Br2N3O6. The lowest BCUT2D eigenvalue weighted by Gasteiger charge is -2.24. The van der Waals surface area contributed by atoms with Gasteiger partial charge in [-0.3, -0.25) is 10.1 Å². The molecular weight excluding hydrogens is 610 g/mol. The number of ether oxygens (including phenoxy) is 3. The molecule has 0 bridgehead atoms. The Hall–Kier alpha value is -3.70. The Kier molecular flexibility index (Phi) is 8.24. The molecule has 5 N–H and O–H groups in total. The lowest BCUT2D eigenvalue weighted by molar-refractivity contribution is -0.111. The molecule has 0 saturated carbocycles. The van der Waals surface area contributed by atoms with Gasteiger partial charge < -0.3 is 30.4 Å². The number of hydrogen-bond acceptors (Lipinski definition) is 7. The van der Waals surface area contributed by atoms with Crippen molar-refractivity contribution < 1.29 is 28.9 Å². The second-order valence-corrected chi connectivity index (χ2v) is 9.91. The summed E-state index contributed by atoms with van der Waals surface area (Å²) in [6.45, 7) is 1.87. The number of para-hydroxylation sites is 2. The van der Waals surface area contributed by atoms with Crippen LogP contribution in [0, 0.1) is 5.92 Å². The Labute approximate surface area is 229 Å². The molecule has 9 nitrogen and oxygen atoms in total. The van der Waals surface area contributed by atoms with Gasteiger partial charge in [-0.2, -0.15) is 0 Å². The predicted molar refractivity (Wildman–Crippen MR) is 147 cm³/mol. The lowest BCUT2D eigenvalue weighted by atomic mass is 9.96. The summed E-state index contributed by atoms with van der Waals surface area (Å²) in [7, 11) is 0. The minimum atomic E-state index is -0.950. The van der Waals surface area contributed by atoms with Crippen molar-refractivity contribution in [2.24, 2.45) is 5.92 Å². The van der Waals surface area contributed by atoms with Gasteiger partial charge in [0.15, 0.2) is 11.5 Å². The van der Waals surface area contributed by atoms with Gasteiger partial charge in [-0.15, -0.1) is 0 Å². The SMILES string of the molecule is C[C@@H](/C=C/C(=O)Nc1ccccc1N)[C@H](OC(=O)Nc1ccc2c(c1)OCO2)c1cc(Br)cc(Br)c1O. The number of benzene rings is 3. The fourth-order valence-corrected chi connectivity index (χ4v) is 4.88. The summed E-state index contributed by atoms with van der Waals surface area (Å²) < 4.78 is 17.5. The maximum absolute atomic E-state index is 12.9. The highest BCUT2D eigenvalue weighted by Crippen LogP contribution is 2.40. The predicted octanol–water partition coefficient (Wildman–Crippen LogP) is 6.35. The molecule has 192 valence electrons. The van der Waals surface area contributed by atoms with Gasteiger partial charge in [-0.05, 0) is 58.4 Å². The Morgan fingerprint density at radius 1 is 1.08 bits per heavy atom. The van der Waals surface area contributed by atoms with Crippen molar-refractivity contribution in [3.8, 4) is 17.2 Å². The monoisotopic (exact) mass is 631 g/mol. The van der Waals surface area contributed by atoms with Crippen LogP contribution in [0.2, 0.25) is 0 Å². The number of nitrogens with two attached hydrogens (primary N) is 1. The smallest absolute Gasteiger partial charge is 0.412 e. The highest BCUT2D eigenvalue weighted by Gasteiger charge is 2.27. The van der Waals surface area contributed by atoms with Crippen LogP contribution in [-0.4, -0.2) is 23.9 Å². The van der Waals surface area contributed by atoms with E-state index >= 15 is 0 Å². The maximum Gasteiger partial charge on any atom is 0.412 e. The van der Waals surface area contributed by atoms with E-state index in [0.29, 0.717) is 43.1 Å². The number of rotatable bonds is 7. The van der Waals surface area contributed by atoms with Crippen molar-refractivity contribution >= 4 is 60.9 Å². The van der Waals surface area contributed by atoms with E-state index in [9.17, 15) is 14.7 Å². The summed E-state index contributed by atoms with van der Waals surface area (Å²) in [5.41, 5.74) is 7.58. The molecule has 3 aromatic rings. The normalized spacial score (nSPS) is 13.7. The number of halogens is 2. The summed E-state index contributed by atoms with van der Waals surface area (Å²) in [5, 5.41) is 16.1.